The van der Waals surface area contributed by atoms with Crippen molar-refractivity contribution in [3.05, 3.63) is 115 Å². The van der Waals surface area contributed by atoms with Gasteiger partial charge in [-0.3, -0.25) is 24.2 Å². The number of hydrogen-bond donors (Lipinski definition) is 4. The highest BCUT2D eigenvalue weighted by molar-refractivity contribution is 7.97. The van der Waals surface area contributed by atoms with E-state index in [4.69, 9.17) is 17.0 Å². The Hall–Kier alpha value is -5.17. The summed E-state index contributed by atoms with van der Waals surface area (Å²) >= 11 is 7.64. The number of nitrogens with one attached hydrogen (secondary N) is 4. The lowest BCUT2D eigenvalue weighted by Gasteiger charge is -2.33. The summed E-state index contributed by atoms with van der Waals surface area (Å²) < 4.78 is 124. The maximum Gasteiger partial charge on any atom is 0.292 e. The molecule has 1 saturated carbocycles. The van der Waals surface area contributed by atoms with E-state index in [1.807, 2.05) is 0 Å². The number of rotatable bonds is 13. The summed E-state index contributed by atoms with van der Waals surface area (Å²) in [5.74, 6) is -13.0. The predicted octanol–water partition coefficient (Wildman–Crippen LogP) is 8.96. The molecule has 3 aromatic carbocycles. The molecule has 0 radical (unpaired) electrons. The summed E-state index contributed by atoms with van der Waals surface area (Å²) in [6, 6.07) is 7.01. The Labute approximate surface area is 346 Å². The van der Waals surface area contributed by atoms with Gasteiger partial charge in [0, 0.05) is 48.8 Å². The van der Waals surface area contributed by atoms with Gasteiger partial charge in [-0.05, 0) is 61.2 Å². The molecule has 4 N–H and O–H groups in total. The van der Waals surface area contributed by atoms with Crippen LogP contribution in [0, 0.1) is 28.9 Å². The second-order valence-corrected chi connectivity index (χ2v) is 15.9. The van der Waals surface area contributed by atoms with Crippen molar-refractivity contribution in [1.29, 1.82) is 5.41 Å². The van der Waals surface area contributed by atoms with Gasteiger partial charge in [0.2, 0.25) is 5.91 Å². The first kappa shape index (κ1) is 42.9. The number of fused-ring (bicyclic) bond motifs is 2. The minimum atomic E-state index is -3.64. The van der Waals surface area contributed by atoms with Crippen LogP contribution in [-0.2, 0) is 36.0 Å². The Morgan fingerprint density at radius 1 is 1.10 bits per heavy atom. The average molecular weight is 881 g/mol. The molecule has 2 unspecified atom stereocenters. The van der Waals surface area contributed by atoms with E-state index >= 15 is 17.6 Å². The smallest absolute Gasteiger partial charge is 0.292 e. The largest absolute Gasteiger partial charge is 0.386 e. The number of hydrogen-bond acceptors (Lipinski definition) is 7. The molecule has 1 amide bonds. The van der Waals surface area contributed by atoms with Gasteiger partial charge in [0.15, 0.2) is 0 Å². The van der Waals surface area contributed by atoms with E-state index in [-0.39, 0.29) is 68.5 Å². The van der Waals surface area contributed by atoms with E-state index in [9.17, 15) is 27.2 Å². The van der Waals surface area contributed by atoms with Gasteiger partial charge in [0.05, 0.1) is 38.9 Å². The lowest BCUT2D eigenvalue weighted by atomic mass is 9.78. The normalized spacial score (nSPS) is 16.8. The first-order valence-electron chi connectivity index (χ1n) is 18.7. The second-order valence-electron chi connectivity index (χ2n) is 14.8. The Morgan fingerprint density at radius 2 is 1.80 bits per heavy atom. The van der Waals surface area contributed by atoms with Gasteiger partial charge < -0.3 is 15.4 Å². The molecule has 60 heavy (non-hydrogen) atoms. The fourth-order valence-electron chi connectivity index (χ4n) is 7.88. The molecule has 0 spiro atoms. The number of anilines is 1. The zero-order valence-corrected chi connectivity index (χ0v) is 33.7. The standard InChI is InChI=1S/C40H37ClF8N8O2S/c1-18-11-25-32(35(44)45)54-56(34(25)39(18,46)47)17-30(58)52-28(14-19-12-22(42)16-23(43)13-19)37-53-27-15-21(40(48,49)20-5-4-6-20)7-8-24(27)38(59)57(37)29-10-9-26(41)31(33(29)51-2)36(50)55-60-3/h7-10,12-13,15-16,18,20,28,35,51H,4-6,11,14,17H2,1-3H3,(H2,50,55)(H,52,58). The maximum absolute atomic E-state index is 15.7. The van der Waals surface area contributed by atoms with Crippen LogP contribution in [0.2, 0.25) is 5.02 Å². The number of halogens is 9. The zero-order valence-electron chi connectivity index (χ0n) is 32.1. The van der Waals surface area contributed by atoms with Crippen LogP contribution in [0.25, 0.3) is 16.6 Å². The van der Waals surface area contributed by atoms with Gasteiger partial charge >= 0.3 is 0 Å². The van der Waals surface area contributed by atoms with E-state index in [1.54, 1.807) is 6.26 Å². The van der Waals surface area contributed by atoms with Crippen molar-refractivity contribution in [3.8, 4) is 5.69 Å². The molecule has 5 aromatic rings. The minimum Gasteiger partial charge on any atom is -0.386 e. The van der Waals surface area contributed by atoms with Gasteiger partial charge in [0.25, 0.3) is 23.8 Å². The van der Waals surface area contributed by atoms with Gasteiger partial charge in [-0.2, -0.15) is 13.9 Å². The van der Waals surface area contributed by atoms with Crippen LogP contribution in [0.4, 0.5) is 40.8 Å². The molecule has 0 saturated heterocycles. The SMILES string of the molecule is CNc1c(-n2c(C(Cc3cc(F)cc(F)c3)NC(=O)Cn3nc(C(F)F)c4c3C(F)(F)C(C)C4)nc3cc(C(F)(F)C4CCC4)ccc3c2=O)ccc(Cl)c1C(=N)NSC. The number of carbonyl (C=O) groups excluding carboxylic acids is 1. The third-order valence-electron chi connectivity index (χ3n) is 11.0. The molecule has 7 rings (SSSR count). The van der Waals surface area contributed by atoms with Gasteiger partial charge in [0.1, 0.15) is 41.2 Å². The van der Waals surface area contributed by atoms with Crippen molar-refractivity contribution in [1.82, 2.24) is 29.4 Å². The van der Waals surface area contributed by atoms with Crippen molar-refractivity contribution >= 4 is 51.9 Å². The molecule has 318 valence electrons. The summed E-state index contributed by atoms with van der Waals surface area (Å²) in [4.78, 5) is 33.5. The molecular formula is C40H37ClF8N8O2S. The van der Waals surface area contributed by atoms with Gasteiger partial charge in [-0.25, -0.2) is 31.3 Å². The number of alkyl halides is 6. The Balaban J connectivity index is 1.45. The van der Waals surface area contributed by atoms with E-state index in [0.717, 1.165) is 40.8 Å². The lowest BCUT2D eigenvalue weighted by Crippen LogP contribution is -2.38. The second kappa shape index (κ2) is 16.4. The summed E-state index contributed by atoms with van der Waals surface area (Å²) in [6.45, 7) is 0.136. The van der Waals surface area contributed by atoms with Crippen molar-refractivity contribution in [2.75, 3.05) is 18.6 Å². The quantitative estimate of drug-likeness (QED) is 0.0402. The molecule has 20 heteroatoms. The fraction of sp³-hybridized carbons (Fsp3) is 0.375. The van der Waals surface area contributed by atoms with E-state index in [2.05, 4.69) is 25.4 Å². The molecule has 2 aromatic heterocycles. The number of amides is 1. The van der Waals surface area contributed by atoms with Crippen LogP contribution in [0.1, 0.15) is 78.1 Å². The van der Waals surface area contributed by atoms with Crippen LogP contribution >= 0.6 is 23.5 Å². The van der Waals surface area contributed by atoms with E-state index in [0.29, 0.717) is 17.2 Å². The third-order valence-corrected chi connectivity index (χ3v) is 11.7. The maximum atomic E-state index is 15.7. The Kier molecular flexibility index (Phi) is 11.7. The van der Waals surface area contributed by atoms with Crippen LogP contribution in [0.3, 0.4) is 0 Å². The zero-order chi connectivity index (χ0) is 43.4. The molecule has 2 heterocycles. The molecule has 0 aliphatic heterocycles. The first-order chi connectivity index (χ1) is 28.4. The average Bonchev–Trinajstić information content (AvgIpc) is 3.62. The highest BCUT2D eigenvalue weighted by atomic mass is 35.5. The molecule has 0 bridgehead atoms. The number of amidine groups is 1. The number of aromatic nitrogens is 4. The van der Waals surface area contributed by atoms with Crippen molar-refractivity contribution in [2.24, 2.45) is 11.8 Å². The van der Waals surface area contributed by atoms with Crippen molar-refractivity contribution in [3.63, 3.8) is 0 Å². The number of carbonyl (C=O) groups is 1. The summed E-state index contributed by atoms with van der Waals surface area (Å²) in [7, 11) is 1.47. The fourth-order valence-corrected chi connectivity index (χ4v) is 8.44. The molecule has 10 nitrogen and oxygen atoms in total. The number of benzene rings is 3. The van der Waals surface area contributed by atoms with E-state index < -0.39 is 95.6 Å². The van der Waals surface area contributed by atoms with Gasteiger partial charge in [-0.15, -0.1) is 0 Å². The molecule has 1 fully saturated rings. The molecular weight excluding hydrogens is 844 g/mol. The Morgan fingerprint density at radius 3 is 2.42 bits per heavy atom. The summed E-state index contributed by atoms with van der Waals surface area (Å²) in [5.41, 5.74) is -3.58. The number of nitrogens with zero attached hydrogens (tertiary/aromatic N) is 4. The van der Waals surface area contributed by atoms with Crippen molar-refractivity contribution in [2.45, 2.75) is 69.9 Å². The van der Waals surface area contributed by atoms with Crippen molar-refractivity contribution < 1.29 is 39.9 Å². The highest BCUT2D eigenvalue weighted by Gasteiger charge is 2.51. The topological polar surface area (TPSA) is 130 Å². The summed E-state index contributed by atoms with van der Waals surface area (Å²) in [5, 5.41) is 17.8. The van der Waals surface area contributed by atoms with E-state index in [1.165, 1.54) is 32.2 Å². The third kappa shape index (κ3) is 7.69. The minimum absolute atomic E-state index is 0.00685. The molecule has 2 aliphatic rings. The predicted molar refractivity (Wildman–Crippen MR) is 212 cm³/mol. The Bertz CT molecular complexity index is 2560. The van der Waals surface area contributed by atoms with Crippen LogP contribution in [0.15, 0.2) is 53.3 Å². The highest BCUT2D eigenvalue weighted by Crippen LogP contribution is 2.49. The van der Waals surface area contributed by atoms with Crippen LogP contribution in [-0.4, -0.2) is 44.4 Å². The summed E-state index contributed by atoms with van der Waals surface area (Å²) in [6.07, 6.45) is -1.37. The van der Waals surface area contributed by atoms with Crippen LogP contribution in [0.5, 0.6) is 0 Å². The molecule has 2 aliphatic carbocycles. The van der Waals surface area contributed by atoms with Gasteiger partial charge in [-0.1, -0.05) is 43.0 Å². The van der Waals surface area contributed by atoms with Crippen LogP contribution < -0.4 is 20.9 Å². The molecule has 2 atom stereocenters. The lowest BCUT2D eigenvalue weighted by molar-refractivity contribution is -0.123. The first-order valence-corrected chi connectivity index (χ1v) is 20.3. The monoisotopic (exact) mass is 880 g/mol.